The van der Waals surface area contributed by atoms with Crippen molar-refractivity contribution in [3.8, 4) is 0 Å². The molecule has 0 aromatic rings. The van der Waals surface area contributed by atoms with Crippen molar-refractivity contribution in [2.75, 3.05) is 0 Å². The smallest absolute Gasteiger partial charge is 0.315 e. The van der Waals surface area contributed by atoms with Crippen LogP contribution >= 0.6 is 12.2 Å². The Hall–Kier alpha value is -0.840. The molecule has 2 rings (SSSR count). The lowest BCUT2D eigenvalue weighted by molar-refractivity contribution is 0.227. The Labute approximate surface area is 114 Å². The maximum Gasteiger partial charge on any atom is 0.315 e. The molecule has 0 aromatic heterocycles. The van der Waals surface area contributed by atoms with E-state index in [1.165, 1.54) is 19.3 Å². The van der Waals surface area contributed by atoms with Crippen molar-refractivity contribution < 1.29 is 4.79 Å². The number of thiocarbonyl (C=S) groups is 1. The third kappa shape index (κ3) is 3.57. The first kappa shape index (κ1) is 13.6. The van der Waals surface area contributed by atoms with E-state index in [-0.39, 0.29) is 18.0 Å². The summed E-state index contributed by atoms with van der Waals surface area (Å²) in [5.74, 6) is 0.178. The number of rotatable bonds is 3. The van der Waals surface area contributed by atoms with Crippen molar-refractivity contribution in [1.82, 2.24) is 10.6 Å². The molecule has 0 aromatic carbocycles. The molecule has 2 atom stereocenters. The number of carbonyl (C=O) groups excluding carboxylic acids is 1. The van der Waals surface area contributed by atoms with Crippen LogP contribution in [-0.4, -0.2) is 23.1 Å². The van der Waals surface area contributed by atoms with Crippen LogP contribution in [0.4, 0.5) is 4.79 Å². The van der Waals surface area contributed by atoms with Gasteiger partial charge in [0.1, 0.15) is 0 Å². The van der Waals surface area contributed by atoms with E-state index in [0.29, 0.717) is 11.0 Å². The molecule has 0 radical (unpaired) electrons. The first-order valence-electron chi connectivity index (χ1n) is 7.03. The molecule has 0 heterocycles. The second-order valence-electron chi connectivity index (χ2n) is 5.50. The molecule has 2 aliphatic rings. The average molecular weight is 269 g/mol. The standard InChI is InChI=1S/C13H23N3OS/c14-12(18)10-7-4-8-11(10)16-13(17)15-9-5-2-1-3-6-9/h9-11H,1-8H2,(H2,14,18)(H2,15,16,17). The molecular formula is C13H23N3OS. The topological polar surface area (TPSA) is 67.1 Å². The molecule has 0 spiro atoms. The summed E-state index contributed by atoms with van der Waals surface area (Å²) < 4.78 is 0. The Morgan fingerprint density at radius 1 is 1.00 bits per heavy atom. The molecule has 2 amide bonds. The van der Waals surface area contributed by atoms with E-state index in [1.807, 2.05) is 0 Å². The molecular weight excluding hydrogens is 246 g/mol. The van der Waals surface area contributed by atoms with Gasteiger partial charge in [-0.3, -0.25) is 0 Å². The summed E-state index contributed by atoms with van der Waals surface area (Å²) in [7, 11) is 0. The molecule has 4 N–H and O–H groups in total. The highest BCUT2D eigenvalue weighted by Gasteiger charge is 2.30. The first-order chi connectivity index (χ1) is 8.66. The van der Waals surface area contributed by atoms with E-state index < -0.39 is 0 Å². The van der Waals surface area contributed by atoms with Crippen LogP contribution in [0.3, 0.4) is 0 Å². The number of carbonyl (C=O) groups is 1. The fraction of sp³-hybridized carbons (Fsp3) is 0.846. The third-order valence-corrected chi connectivity index (χ3v) is 4.44. The summed E-state index contributed by atoms with van der Waals surface area (Å²) in [6.45, 7) is 0. The van der Waals surface area contributed by atoms with Gasteiger partial charge in [-0.2, -0.15) is 0 Å². The molecule has 4 nitrogen and oxygen atoms in total. The highest BCUT2D eigenvalue weighted by molar-refractivity contribution is 7.80. The van der Waals surface area contributed by atoms with Gasteiger partial charge in [0.25, 0.3) is 0 Å². The third-order valence-electron chi connectivity index (χ3n) is 4.14. The van der Waals surface area contributed by atoms with Crippen LogP contribution in [0.25, 0.3) is 0 Å². The molecule has 102 valence electrons. The molecule has 18 heavy (non-hydrogen) atoms. The number of amides is 2. The summed E-state index contributed by atoms with van der Waals surface area (Å²) in [5, 5.41) is 6.11. The van der Waals surface area contributed by atoms with Crippen LogP contribution in [0.2, 0.25) is 0 Å². The molecule has 2 saturated carbocycles. The highest BCUT2D eigenvalue weighted by Crippen LogP contribution is 2.26. The van der Waals surface area contributed by atoms with E-state index in [9.17, 15) is 4.79 Å². The van der Waals surface area contributed by atoms with Crippen molar-refractivity contribution in [3.05, 3.63) is 0 Å². The number of hydrogen-bond acceptors (Lipinski definition) is 2. The summed E-state index contributed by atoms with van der Waals surface area (Å²) in [4.78, 5) is 12.5. The SMILES string of the molecule is NC(=S)C1CCCC1NC(=O)NC1CCCCC1. The quantitative estimate of drug-likeness (QED) is 0.687. The maximum absolute atomic E-state index is 11.9. The second kappa shape index (κ2) is 6.36. The van der Waals surface area contributed by atoms with Gasteiger partial charge in [0.05, 0.1) is 4.99 Å². The van der Waals surface area contributed by atoms with Crippen molar-refractivity contribution >= 4 is 23.2 Å². The van der Waals surface area contributed by atoms with Crippen LogP contribution in [0.1, 0.15) is 51.4 Å². The normalized spacial score (nSPS) is 28.9. The number of nitrogens with two attached hydrogens (primary N) is 1. The van der Waals surface area contributed by atoms with Crippen molar-refractivity contribution in [2.45, 2.75) is 63.5 Å². The van der Waals surface area contributed by atoms with Crippen LogP contribution in [0, 0.1) is 5.92 Å². The summed E-state index contributed by atoms with van der Waals surface area (Å²) in [6, 6.07) is 0.435. The maximum atomic E-state index is 11.9. The molecule has 0 saturated heterocycles. The van der Waals surface area contributed by atoms with Gasteiger partial charge in [-0.05, 0) is 25.7 Å². The Morgan fingerprint density at radius 3 is 2.39 bits per heavy atom. The summed E-state index contributed by atoms with van der Waals surface area (Å²) in [5.41, 5.74) is 5.71. The van der Waals surface area contributed by atoms with E-state index in [2.05, 4.69) is 10.6 Å². The Bertz CT molecular complexity index is 315. The zero-order chi connectivity index (χ0) is 13.0. The molecule has 0 bridgehead atoms. The number of urea groups is 1. The van der Waals surface area contributed by atoms with Gasteiger partial charge in [0.15, 0.2) is 0 Å². The fourth-order valence-corrected chi connectivity index (χ4v) is 3.40. The Kier molecular flexibility index (Phi) is 4.80. The highest BCUT2D eigenvalue weighted by atomic mass is 32.1. The minimum atomic E-state index is -0.0462. The van der Waals surface area contributed by atoms with Crippen molar-refractivity contribution in [2.24, 2.45) is 11.7 Å². The van der Waals surface area contributed by atoms with E-state index in [0.717, 1.165) is 32.1 Å². The largest absolute Gasteiger partial charge is 0.393 e. The Morgan fingerprint density at radius 2 is 1.72 bits per heavy atom. The van der Waals surface area contributed by atoms with Gasteiger partial charge < -0.3 is 16.4 Å². The first-order valence-corrected chi connectivity index (χ1v) is 7.44. The van der Waals surface area contributed by atoms with Gasteiger partial charge in [-0.15, -0.1) is 0 Å². The Balaban J connectivity index is 1.77. The van der Waals surface area contributed by atoms with Crippen LogP contribution < -0.4 is 16.4 Å². The van der Waals surface area contributed by atoms with E-state index in [1.54, 1.807) is 0 Å². The zero-order valence-corrected chi connectivity index (χ0v) is 11.6. The lowest BCUT2D eigenvalue weighted by Gasteiger charge is -2.25. The van der Waals surface area contributed by atoms with Gasteiger partial charge in [0.2, 0.25) is 0 Å². The zero-order valence-electron chi connectivity index (χ0n) is 10.8. The lowest BCUT2D eigenvalue weighted by Crippen LogP contribution is -2.49. The summed E-state index contributed by atoms with van der Waals surface area (Å²) >= 11 is 5.05. The van der Waals surface area contributed by atoms with Crippen LogP contribution in [0.5, 0.6) is 0 Å². The van der Waals surface area contributed by atoms with Gasteiger partial charge in [-0.1, -0.05) is 37.9 Å². The number of nitrogens with one attached hydrogen (secondary N) is 2. The lowest BCUT2D eigenvalue weighted by atomic mass is 9.96. The van der Waals surface area contributed by atoms with E-state index >= 15 is 0 Å². The second-order valence-corrected chi connectivity index (χ2v) is 5.97. The van der Waals surface area contributed by atoms with Gasteiger partial charge in [-0.25, -0.2) is 4.79 Å². The van der Waals surface area contributed by atoms with Crippen LogP contribution in [0.15, 0.2) is 0 Å². The summed E-state index contributed by atoms with van der Waals surface area (Å²) in [6.07, 6.45) is 9.05. The van der Waals surface area contributed by atoms with Crippen LogP contribution in [-0.2, 0) is 0 Å². The van der Waals surface area contributed by atoms with Gasteiger partial charge >= 0.3 is 6.03 Å². The molecule has 0 aliphatic heterocycles. The van der Waals surface area contributed by atoms with E-state index in [4.69, 9.17) is 18.0 Å². The predicted molar refractivity (Wildman–Crippen MR) is 76.5 cm³/mol. The minimum absolute atomic E-state index is 0.0462. The van der Waals surface area contributed by atoms with Crippen molar-refractivity contribution in [1.29, 1.82) is 0 Å². The monoisotopic (exact) mass is 269 g/mol. The number of hydrogen-bond donors (Lipinski definition) is 3. The predicted octanol–water partition coefficient (Wildman–Crippen LogP) is 2.07. The molecule has 2 aliphatic carbocycles. The molecule has 5 heteroatoms. The minimum Gasteiger partial charge on any atom is -0.393 e. The molecule has 2 unspecified atom stereocenters. The molecule has 2 fully saturated rings. The van der Waals surface area contributed by atoms with Gasteiger partial charge in [0, 0.05) is 18.0 Å². The van der Waals surface area contributed by atoms with Crippen molar-refractivity contribution in [3.63, 3.8) is 0 Å². The fourth-order valence-electron chi connectivity index (χ4n) is 3.12. The average Bonchev–Trinajstić information content (AvgIpc) is 2.78.